The van der Waals surface area contributed by atoms with Gasteiger partial charge in [-0.05, 0) is 37.1 Å². The Kier molecular flexibility index (Phi) is 5.32. The van der Waals surface area contributed by atoms with Gasteiger partial charge in [0.05, 0.1) is 5.57 Å². The molecule has 0 bridgehead atoms. The Morgan fingerprint density at radius 2 is 1.86 bits per heavy atom. The third kappa shape index (κ3) is 4.00. The number of hydrogen-bond donors (Lipinski definition) is 1. The molecule has 2 heterocycles. The van der Waals surface area contributed by atoms with Gasteiger partial charge in [-0.25, -0.2) is 4.79 Å². The van der Waals surface area contributed by atoms with Gasteiger partial charge in [0.25, 0.3) is 0 Å². The Bertz CT molecular complexity index is 1010. The molecular weight excluding hydrogens is 438 g/mol. The van der Waals surface area contributed by atoms with E-state index in [4.69, 9.17) is 14.2 Å². The van der Waals surface area contributed by atoms with Gasteiger partial charge in [-0.1, -0.05) is 45.8 Å². The van der Waals surface area contributed by atoms with Crippen molar-refractivity contribution in [1.29, 1.82) is 0 Å². The molecular formula is C22H20BrNO5. The van der Waals surface area contributed by atoms with Gasteiger partial charge >= 0.3 is 5.97 Å². The van der Waals surface area contributed by atoms with Gasteiger partial charge in [0.2, 0.25) is 12.7 Å². The fraction of sp³-hybridized carbons (Fsp3) is 0.273. The van der Waals surface area contributed by atoms with Gasteiger partial charge in [0, 0.05) is 22.5 Å². The van der Waals surface area contributed by atoms with E-state index in [9.17, 15) is 9.59 Å². The second-order valence-corrected chi connectivity index (χ2v) is 7.99. The Labute approximate surface area is 177 Å². The largest absolute Gasteiger partial charge is 0.457 e. The molecule has 0 saturated carbocycles. The summed E-state index contributed by atoms with van der Waals surface area (Å²) in [6.45, 7) is 4.03. The fourth-order valence-electron chi connectivity index (χ4n) is 3.55. The number of ether oxygens (including phenoxy) is 3. The predicted octanol–water partition coefficient (Wildman–Crippen LogP) is 4.11. The third-order valence-electron chi connectivity index (χ3n) is 5.05. The smallest absolute Gasteiger partial charge is 0.336 e. The summed E-state index contributed by atoms with van der Waals surface area (Å²) in [7, 11) is 0. The van der Waals surface area contributed by atoms with Crippen molar-refractivity contribution in [1.82, 2.24) is 5.32 Å². The van der Waals surface area contributed by atoms with Crippen molar-refractivity contribution in [2.24, 2.45) is 0 Å². The number of benzene rings is 2. The first-order chi connectivity index (χ1) is 13.9. The predicted molar refractivity (Wildman–Crippen MR) is 109 cm³/mol. The van der Waals surface area contributed by atoms with Gasteiger partial charge < -0.3 is 19.5 Å². The van der Waals surface area contributed by atoms with Crippen molar-refractivity contribution >= 4 is 27.8 Å². The first-order valence-corrected chi connectivity index (χ1v) is 10.0. The summed E-state index contributed by atoms with van der Waals surface area (Å²) >= 11 is 3.54. The number of nitrogens with one attached hydrogen (secondary N) is 1. The summed E-state index contributed by atoms with van der Waals surface area (Å²) in [6, 6.07) is 11.4. The Hall–Kier alpha value is -2.80. The number of carbonyl (C=O) groups excluding carboxylic acids is 2. The van der Waals surface area contributed by atoms with Crippen LogP contribution in [0.3, 0.4) is 0 Å². The lowest BCUT2D eigenvalue weighted by Gasteiger charge is -2.27. The van der Waals surface area contributed by atoms with Crippen LogP contribution in [0.25, 0.3) is 0 Å². The Morgan fingerprint density at radius 3 is 2.59 bits per heavy atom. The van der Waals surface area contributed by atoms with Crippen LogP contribution in [-0.2, 0) is 20.9 Å². The van der Waals surface area contributed by atoms with Gasteiger partial charge in [-0.15, -0.1) is 0 Å². The molecule has 2 aliphatic rings. The topological polar surface area (TPSA) is 73.9 Å². The monoisotopic (exact) mass is 457 g/mol. The van der Waals surface area contributed by atoms with Gasteiger partial charge in [0.15, 0.2) is 11.5 Å². The lowest BCUT2D eigenvalue weighted by molar-refractivity contribution is -0.141. The molecule has 2 aromatic carbocycles. The summed E-state index contributed by atoms with van der Waals surface area (Å²) < 4.78 is 17.2. The third-order valence-corrected chi connectivity index (χ3v) is 5.73. The molecule has 1 N–H and O–H groups in total. The zero-order chi connectivity index (χ0) is 20.5. The minimum Gasteiger partial charge on any atom is -0.457 e. The SMILES string of the molecule is CC1=C(C(=O)OCc2ccc(C)cc2)C(c2cc3c(cc2Br)OCO3)CC(=O)N1. The van der Waals surface area contributed by atoms with Crippen molar-refractivity contribution in [3.05, 3.63) is 68.8 Å². The molecule has 7 heteroatoms. The quantitative estimate of drug-likeness (QED) is 0.699. The second kappa shape index (κ2) is 7.91. The molecule has 4 rings (SSSR count). The number of aryl methyl sites for hydroxylation is 1. The molecule has 1 amide bonds. The van der Waals surface area contributed by atoms with Crippen LogP contribution in [-0.4, -0.2) is 18.7 Å². The van der Waals surface area contributed by atoms with E-state index in [2.05, 4.69) is 21.2 Å². The van der Waals surface area contributed by atoms with Crippen LogP contribution in [0, 0.1) is 6.92 Å². The molecule has 6 nitrogen and oxygen atoms in total. The lowest BCUT2D eigenvalue weighted by atomic mass is 9.84. The molecule has 0 saturated heterocycles. The van der Waals surface area contributed by atoms with Crippen LogP contribution in [0.4, 0.5) is 0 Å². The lowest BCUT2D eigenvalue weighted by Crippen LogP contribution is -2.34. The zero-order valence-corrected chi connectivity index (χ0v) is 17.7. The van der Waals surface area contributed by atoms with E-state index in [0.717, 1.165) is 21.2 Å². The van der Waals surface area contributed by atoms with Crippen LogP contribution in [0.15, 0.2) is 52.1 Å². The van der Waals surface area contributed by atoms with Crippen LogP contribution < -0.4 is 14.8 Å². The molecule has 0 aliphatic carbocycles. The first-order valence-electron chi connectivity index (χ1n) is 9.24. The Morgan fingerprint density at radius 1 is 1.17 bits per heavy atom. The van der Waals surface area contributed by atoms with Crippen LogP contribution in [0.2, 0.25) is 0 Å². The standard InChI is InChI=1S/C22H20BrNO5/c1-12-3-5-14(6-4-12)10-27-22(26)21-13(2)24-20(25)8-16(21)15-7-18-19(9-17(15)23)29-11-28-18/h3-7,9,16H,8,10-11H2,1-2H3,(H,24,25). The summed E-state index contributed by atoms with van der Waals surface area (Å²) in [5.41, 5.74) is 3.77. The van der Waals surface area contributed by atoms with Crippen molar-refractivity contribution in [3.8, 4) is 11.5 Å². The number of halogens is 1. The van der Waals surface area contributed by atoms with E-state index in [1.54, 1.807) is 13.0 Å². The summed E-state index contributed by atoms with van der Waals surface area (Å²) in [6.07, 6.45) is 0.143. The van der Waals surface area contributed by atoms with E-state index >= 15 is 0 Å². The fourth-order valence-corrected chi connectivity index (χ4v) is 4.15. The van der Waals surface area contributed by atoms with E-state index in [1.807, 2.05) is 37.3 Å². The summed E-state index contributed by atoms with van der Waals surface area (Å²) in [5, 5.41) is 2.76. The number of fused-ring (bicyclic) bond motifs is 1. The highest BCUT2D eigenvalue weighted by Crippen LogP contribution is 2.43. The van der Waals surface area contributed by atoms with Crippen LogP contribution >= 0.6 is 15.9 Å². The van der Waals surface area contributed by atoms with Crippen molar-refractivity contribution in [3.63, 3.8) is 0 Å². The second-order valence-electron chi connectivity index (χ2n) is 7.13. The molecule has 1 atom stereocenters. The highest BCUT2D eigenvalue weighted by molar-refractivity contribution is 9.10. The number of hydrogen-bond acceptors (Lipinski definition) is 5. The highest BCUT2D eigenvalue weighted by atomic mass is 79.9. The maximum absolute atomic E-state index is 13.0. The van der Waals surface area contributed by atoms with E-state index < -0.39 is 11.9 Å². The van der Waals surface area contributed by atoms with Crippen LogP contribution in [0.5, 0.6) is 11.5 Å². The van der Waals surface area contributed by atoms with Gasteiger partial charge in [0.1, 0.15) is 6.61 Å². The number of carbonyl (C=O) groups is 2. The van der Waals surface area contributed by atoms with Crippen molar-refractivity contribution in [2.75, 3.05) is 6.79 Å². The molecule has 1 unspecified atom stereocenters. The molecule has 0 fully saturated rings. The maximum atomic E-state index is 13.0. The highest BCUT2D eigenvalue weighted by Gasteiger charge is 2.35. The zero-order valence-electron chi connectivity index (χ0n) is 16.1. The molecule has 29 heavy (non-hydrogen) atoms. The average molecular weight is 458 g/mol. The first kappa shape index (κ1) is 19.5. The van der Waals surface area contributed by atoms with E-state index in [1.165, 1.54) is 0 Å². The minimum atomic E-state index is -0.447. The average Bonchev–Trinajstić information content (AvgIpc) is 3.13. The molecule has 0 spiro atoms. The van der Waals surface area contributed by atoms with Crippen molar-refractivity contribution in [2.45, 2.75) is 32.8 Å². The Balaban J connectivity index is 1.62. The summed E-state index contributed by atoms with van der Waals surface area (Å²) in [5.74, 6) is 0.187. The van der Waals surface area contributed by atoms with Gasteiger partial charge in [-0.3, -0.25) is 4.79 Å². The number of amides is 1. The normalized spacial score (nSPS) is 17.9. The van der Waals surface area contributed by atoms with E-state index in [0.29, 0.717) is 22.8 Å². The molecule has 0 radical (unpaired) electrons. The number of esters is 1. The molecule has 2 aliphatic heterocycles. The number of rotatable bonds is 4. The molecule has 0 aromatic heterocycles. The number of allylic oxidation sites excluding steroid dienone is 1. The van der Waals surface area contributed by atoms with E-state index in [-0.39, 0.29) is 25.7 Å². The van der Waals surface area contributed by atoms with Crippen molar-refractivity contribution < 1.29 is 23.8 Å². The van der Waals surface area contributed by atoms with Gasteiger partial charge in [-0.2, -0.15) is 0 Å². The molecule has 150 valence electrons. The van der Waals surface area contributed by atoms with Crippen LogP contribution in [0.1, 0.15) is 36.0 Å². The molecule has 2 aromatic rings. The summed E-state index contributed by atoms with van der Waals surface area (Å²) in [4.78, 5) is 25.2. The maximum Gasteiger partial charge on any atom is 0.336 e. The minimum absolute atomic E-state index is 0.143.